The first kappa shape index (κ1) is 23.1. The van der Waals surface area contributed by atoms with E-state index in [1.165, 1.54) is 11.8 Å². The van der Waals surface area contributed by atoms with Gasteiger partial charge in [-0.3, -0.25) is 4.79 Å². The second kappa shape index (κ2) is 9.52. The summed E-state index contributed by atoms with van der Waals surface area (Å²) in [5, 5.41) is 8.48. The van der Waals surface area contributed by atoms with Crippen molar-refractivity contribution in [1.29, 1.82) is 0 Å². The molecule has 10 heteroatoms. The van der Waals surface area contributed by atoms with Crippen LogP contribution >= 0.6 is 11.8 Å². The summed E-state index contributed by atoms with van der Waals surface area (Å²) in [4.78, 5) is 15.1. The predicted molar refractivity (Wildman–Crippen MR) is 130 cm³/mol. The summed E-state index contributed by atoms with van der Waals surface area (Å²) in [5.41, 5.74) is 3.65. The molecule has 0 unspecified atom stereocenters. The van der Waals surface area contributed by atoms with Gasteiger partial charge in [0, 0.05) is 30.9 Å². The Morgan fingerprint density at radius 3 is 2.56 bits per heavy atom. The van der Waals surface area contributed by atoms with Crippen molar-refractivity contribution in [2.24, 2.45) is 0 Å². The number of nitrogens with zero attached hydrogens (tertiary/aromatic N) is 4. The number of rotatable bonds is 6. The average molecular weight is 499 g/mol. The highest BCUT2D eigenvalue weighted by atomic mass is 32.2. The minimum Gasteiger partial charge on any atom is -0.411 e. The van der Waals surface area contributed by atoms with Crippen molar-refractivity contribution in [2.45, 2.75) is 42.7 Å². The molecule has 0 N–H and O–H groups in total. The number of anilines is 1. The smallest absolute Gasteiger partial charge is 0.277 e. The van der Waals surface area contributed by atoms with Crippen molar-refractivity contribution in [3.8, 4) is 11.5 Å². The molecule has 34 heavy (non-hydrogen) atoms. The molecule has 0 bridgehead atoms. The molecule has 0 saturated carbocycles. The van der Waals surface area contributed by atoms with Crippen LogP contribution in [0.1, 0.15) is 30.4 Å². The molecule has 2 aliphatic heterocycles. The molecule has 1 amide bonds. The fourth-order valence-electron chi connectivity index (χ4n) is 4.35. The first-order chi connectivity index (χ1) is 16.4. The molecule has 0 radical (unpaired) electrons. The Morgan fingerprint density at radius 2 is 1.79 bits per heavy atom. The zero-order valence-electron chi connectivity index (χ0n) is 18.9. The van der Waals surface area contributed by atoms with E-state index in [0.717, 1.165) is 48.1 Å². The van der Waals surface area contributed by atoms with Crippen LogP contribution < -0.4 is 4.90 Å². The Labute approximate surface area is 203 Å². The van der Waals surface area contributed by atoms with E-state index in [9.17, 15) is 13.2 Å². The maximum absolute atomic E-state index is 13.0. The Balaban J connectivity index is 1.27. The van der Waals surface area contributed by atoms with Crippen molar-refractivity contribution in [3.63, 3.8) is 0 Å². The number of carbonyl (C=O) groups is 1. The summed E-state index contributed by atoms with van der Waals surface area (Å²) in [7, 11) is -3.48. The number of benzene rings is 2. The molecular weight excluding hydrogens is 472 g/mol. The van der Waals surface area contributed by atoms with Crippen molar-refractivity contribution in [1.82, 2.24) is 14.5 Å². The molecule has 178 valence electrons. The van der Waals surface area contributed by atoms with Gasteiger partial charge in [0.25, 0.3) is 5.22 Å². The first-order valence-electron chi connectivity index (χ1n) is 11.4. The van der Waals surface area contributed by atoms with Crippen LogP contribution in [0.2, 0.25) is 0 Å². The van der Waals surface area contributed by atoms with Gasteiger partial charge in [-0.25, -0.2) is 8.42 Å². The second-order valence-electron chi connectivity index (χ2n) is 8.58. The van der Waals surface area contributed by atoms with Crippen LogP contribution in [-0.2, 0) is 21.2 Å². The highest BCUT2D eigenvalue weighted by Crippen LogP contribution is 2.32. The third-order valence-electron chi connectivity index (χ3n) is 6.20. The molecule has 0 aliphatic carbocycles. The largest absolute Gasteiger partial charge is 0.411 e. The summed E-state index contributed by atoms with van der Waals surface area (Å²) in [5.74, 6) is 0.504. The van der Waals surface area contributed by atoms with E-state index in [1.54, 1.807) is 27.4 Å². The lowest BCUT2D eigenvalue weighted by Gasteiger charge is -2.30. The van der Waals surface area contributed by atoms with Crippen molar-refractivity contribution in [3.05, 3.63) is 53.6 Å². The summed E-state index contributed by atoms with van der Waals surface area (Å²) in [6.45, 7) is 3.75. The molecule has 5 rings (SSSR count). The third-order valence-corrected chi connectivity index (χ3v) is 8.90. The molecule has 1 aromatic heterocycles. The zero-order valence-corrected chi connectivity index (χ0v) is 20.6. The number of amides is 1. The van der Waals surface area contributed by atoms with Crippen LogP contribution in [0.4, 0.5) is 5.69 Å². The number of aryl methyl sites for hydroxylation is 2. The fourth-order valence-corrected chi connectivity index (χ4v) is 6.56. The van der Waals surface area contributed by atoms with E-state index < -0.39 is 10.0 Å². The second-order valence-corrected chi connectivity index (χ2v) is 11.4. The monoisotopic (exact) mass is 498 g/mol. The van der Waals surface area contributed by atoms with Crippen LogP contribution in [0, 0.1) is 6.92 Å². The number of thioether (sulfide) groups is 1. The molecule has 2 aliphatic rings. The summed E-state index contributed by atoms with van der Waals surface area (Å²) >= 11 is 1.21. The Kier molecular flexibility index (Phi) is 6.46. The molecule has 2 aromatic carbocycles. The van der Waals surface area contributed by atoms with Gasteiger partial charge in [-0.1, -0.05) is 29.5 Å². The standard InChI is InChI=1S/C24H26N4O4S2/c1-17-6-8-18(9-7-17)23-25-26-24(32-23)33-16-22(29)28-14-4-5-19-15-20(10-11-21(19)28)34(30,31)27-12-2-3-13-27/h6-11,15H,2-5,12-14,16H2,1H3. The first-order valence-corrected chi connectivity index (χ1v) is 13.8. The third kappa shape index (κ3) is 4.62. The lowest BCUT2D eigenvalue weighted by atomic mass is 10.0. The number of sulfonamides is 1. The molecule has 3 aromatic rings. The number of hydrogen-bond acceptors (Lipinski definition) is 7. The van der Waals surface area contributed by atoms with Gasteiger partial charge in [0.15, 0.2) is 0 Å². The van der Waals surface area contributed by atoms with Gasteiger partial charge in [-0.15, -0.1) is 10.2 Å². The Bertz CT molecular complexity index is 1300. The minimum atomic E-state index is -3.48. The SMILES string of the molecule is Cc1ccc(-c2nnc(SCC(=O)N3CCCc4cc(S(=O)(=O)N5CCCC5)ccc43)o2)cc1. The summed E-state index contributed by atoms with van der Waals surface area (Å²) in [6.07, 6.45) is 3.33. The quantitative estimate of drug-likeness (QED) is 0.476. The maximum Gasteiger partial charge on any atom is 0.277 e. The van der Waals surface area contributed by atoms with E-state index in [4.69, 9.17) is 4.42 Å². The van der Waals surface area contributed by atoms with E-state index in [2.05, 4.69) is 10.2 Å². The molecule has 3 heterocycles. The zero-order chi connectivity index (χ0) is 23.7. The van der Waals surface area contributed by atoms with E-state index in [1.807, 2.05) is 31.2 Å². The van der Waals surface area contributed by atoms with E-state index >= 15 is 0 Å². The van der Waals surface area contributed by atoms with Crippen molar-refractivity contribution < 1.29 is 17.6 Å². The van der Waals surface area contributed by atoms with Crippen LogP contribution in [0.5, 0.6) is 0 Å². The predicted octanol–water partition coefficient (Wildman–Crippen LogP) is 3.90. The van der Waals surface area contributed by atoms with Gasteiger partial charge < -0.3 is 9.32 Å². The van der Waals surface area contributed by atoms with Gasteiger partial charge in [-0.05, 0) is 68.5 Å². The molecule has 8 nitrogen and oxygen atoms in total. The molecule has 0 atom stereocenters. The molecular formula is C24H26N4O4S2. The molecule has 0 spiro atoms. The number of hydrogen-bond donors (Lipinski definition) is 0. The number of fused-ring (bicyclic) bond motifs is 1. The van der Waals surface area contributed by atoms with E-state index in [0.29, 0.717) is 35.6 Å². The summed E-state index contributed by atoms with van der Waals surface area (Å²) in [6, 6.07) is 12.9. The fraction of sp³-hybridized carbons (Fsp3) is 0.375. The molecule has 1 saturated heterocycles. The van der Waals surface area contributed by atoms with Crippen LogP contribution in [0.3, 0.4) is 0 Å². The normalized spacial score (nSPS) is 16.6. The van der Waals surface area contributed by atoms with Gasteiger partial charge in [0.2, 0.25) is 21.8 Å². The number of aromatic nitrogens is 2. The lowest BCUT2D eigenvalue weighted by Crippen LogP contribution is -2.37. The molecule has 1 fully saturated rings. The average Bonchev–Trinajstić information content (AvgIpc) is 3.55. The lowest BCUT2D eigenvalue weighted by molar-refractivity contribution is -0.116. The Morgan fingerprint density at radius 1 is 1.03 bits per heavy atom. The van der Waals surface area contributed by atoms with Gasteiger partial charge in [0.05, 0.1) is 10.6 Å². The van der Waals surface area contributed by atoms with E-state index in [-0.39, 0.29) is 11.7 Å². The number of carbonyl (C=O) groups excluding carboxylic acids is 1. The van der Waals surface area contributed by atoms with Crippen LogP contribution in [0.25, 0.3) is 11.5 Å². The van der Waals surface area contributed by atoms with Crippen LogP contribution in [-0.4, -0.2) is 54.2 Å². The highest BCUT2D eigenvalue weighted by molar-refractivity contribution is 7.99. The van der Waals surface area contributed by atoms with Crippen molar-refractivity contribution >= 4 is 33.4 Å². The maximum atomic E-state index is 13.0. The minimum absolute atomic E-state index is 0.0730. The van der Waals surface area contributed by atoms with Crippen LogP contribution in [0.15, 0.2) is 57.0 Å². The highest BCUT2D eigenvalue weighted by Gasteiger charge is 2.30. The summed E-state index contributed by atoms with van der Waals surface area (Å²) < 4.78 is 33.1. The van der Waals surface area contributed by atoms with Gasteiger partial charge in [0.1, 0.15) is 0 Å². The topological polar surface area (TPSA) is 96.6 Å². The van der Waals surface area contributed by atoms with Crippen molar-refractivity contribution in [2.75, 3.05) is 30.3 Å². The van der Waals surface area contributed by atoms with Gasteiger partial charge in [-0.2, -0.15) is 4.31 Å². The van der Waals surface area contributed by atoms with Gasteiger partial charge >= 0.3 is 0 Å². The Hall–Kier alpha value is -2.69.